The topological polar surface area (TPSA) is 26.0 Å². The SMILES string of the molecule is Cc1ccc(C)c(C(N)C2CCCCS2)c1. The van der Waals surface area contributed by atoms with Gasteiger partial charge in [-0.2, -0.15) is 11.8 Å². The first kappa shape index (κ1) is 12.0. The maximum Gasteiger partial charge on any atom is 0.0418 e. The molecule has 1 heterocycles. The summed E-state index contributed by atoms with van der Waals surface area (Å²) in [7, 11) is 0. The van der Waals surface area contributed by atoms with Crippen LogP contribution in [0.5, 0.6) is 0 Å². The van der Waals surface area contributed by atoms with Gasteiger partial charge in [0.25, 0.3) is 0 Å². The predicted octanol–water partition coefficient (Wildman–Crippen LogP) is 3.59. The van der Waals surface area contributed by atoms with E-state index in [9.17, 15) is 0 Å². The fourth-order valence-electron chi connectivity index (χ4n) is 2.37. The van der Waals surface area contributed by atoms with E-state index in [2.05, 4.69) is 43.8 Å². The number of rotatable bonds is 2. The number of hydrogen-bond donors (Lipinski definition) is 1. The lowest BCUT2D eigenvalue weighted by Crippen LogP contribution is -2.26. The van der Waals surface area contributed by atoms with Gasteiger partial charge in [-0.3, -0.25) is 0 Å². The van der Waals surface area contributed by atoms with Crippen molar-refractivity contribution in [2.75, 3.05) is 5.75 Å². The highest BCUT2D eigenvalue weighted by Crippen LogP contribution is 2.34. The highest BCUT2D eigenvalue weighted by atomic mass is 32.2. The Bertz CT molecular complexity index is 356. The van der Waals surface area contributed by atoms with Crippen molar-refractivity contribution in [1.29, 1.82) is 0 Å². The van der Waals surface area contributed by atoms with Crippen LogP contribution in [0.4, 0.5) is 0 Å². The largest absolute Gasteiger partial charge is 0.323 e. The number of nitrogens with two attached hydrogens (primary N) is 1. The molecule has 16 heavy (non-hydrogen) atoms. The van der Waals surface area contributed by atoms with Crippen LogP contribution in [0.15, 0.2) is 18.2 Å². The first-order valence-electron chi connectivity index (χ1n) is 6.13. The monoisotopic (exact) mass is 235 g/mol. The Kier molecular flexibility index (Phi) is 3.93. The van der Waals surface area contributed by atoms with Crippen LogP contribution < -0.4 is 5.73 Å². The fraction of sp³-hybridized carbons (Fsp3) is 0.571. The standard InChI is InChI=1S/C14H21NS/c1-10-6-7-11(2)12(9-10)14(15)13-5-3-4-8-16-13/h6-7,9,13-14H,3-5,8,15H2,1-2H3. The molecule has 0 spiro atoms. The average Bonchev–Trinajstić information content (AvgIpc) is 2.32. The van der Waals surface area contributed by atoms with Gasteiger partial charge in [0.15, 0.2) is 0 Å². The zero-order valence-electron chi connectivity index (χ0n) is 10.2. The van der Waals surface area contributed by atoms with E-state index in [1.54, 1.807) is 0 Å². The second-order valence-electron chi connectivity index (χ2n) is 4.79. The highest BCUT2D eigenvalue weighted by Gasteiger charge is 2.23. The van der Waals surface area contributed by atoms with Gasteiger partial charge in [-0.15, -0.1) is 0 Å². The molecule has 1 aliphatic rings. The van der Waals surface area contributed by atoms with Crippen LogP contribution in [0.1, 0.15) is 42.0 Å². The molecule has 1 aromatic rings. The van der Waals surface area contributed by atoms with E-state index in [0.29, 0.717) is 5.25 Å². The van der Waals surface area contributed by atoms with Crippen LogP contribution in [-0.4, -0.2) is 11.0 Å². The van der Waals surface area contributed by atoms with E-state index in [1.807, 2.05) is 0 Å². The minimum atomic E-state index is 0.213. The van der Waals surface area contributed by atoms with Gasteiger partial charge in [-0.1, -0.05) is 30.2 Å². The van der Waals surface area contributed by atoms with Crippen molar-refractivity contribution in [3.05, 3.63) is 34.9 Å². The maximum absolute atomic E-state index is 6.42. The molecule has 2 N–H and O–H groups in total. The van der Waals surface area contributed by atoms with Crippen molar-refractivity contribution in [2.24, 2.45) is 5.73 Å². The van der Waals surface area contributed by atoms with Crippen LogP contribution in [0.25, 0.3) is 0 Å². The van der Waals surface area contributed by atoms with Crippen molar-refractivity contribution < 1.29 is 0 Å². The second kappa shape index (κ2) is 5.24. The third kappa shape index (κ3) is 2.61. The van der Waals surface area contributed by atoms with Crippen molar-refractivity contribution in [1.82, 2.24) is 0 Å². The third-order valence-corrected chi connectivity index (χ3v) is 4.89. The summed E-state index contributed by atoms with van der Waals surface area (Å²) >= 11 is 2.06. The van der Waals surface area contributed by atoms with Crippen LogP contribution in [0.2, 0.25) is 0 Å². The van der Waals surface area contributed by atoms with Gasteiger partial charge < -0.3 is 5.73 Å². The Labute approximate surface area is 103 Å². The molecule has 2 atom stereocenters. The summed E-state index contributed by atoms with van der Waals surface area (Å²) in [5.74, 6) is 1.28. The Morgan fingerprint density at radius 3 is 2.81 bits per heavy atom. The molecule has 0 aromatic heterocycles. The molecular weight excluding hydrogens is 214 g/mol. The summed E-state index contributed by atoms with van der Waals surface area (Å²) in [5.41, 5.74) is 10.4. The molecular formula is C14H21NS. The smallest absolute Gasteiger partial charge is 0.0418 e. The summed E-state index contributed by atoms with van der Waals surface area (Å²) in [5, 5.41) is 0.620. The van der Waals surface area contributed by atoms with Crippen LogP contribution in [0, 0.1) is 13.8 Å². The maximum atomic E-state index is 6.42. The molecule has 1 aliphatic heterocycles. The van der Waals surface area contributed by atoms with Gasteiger partial charge in [0.1, 0.15) is 0 Å². The Balaban J connectivity index is 2.18. The minimum Gasteiger partial charge on any atom is -0.323 e. The third-order valence-electron chi connectivity index (χ3n) is 3.41. The molecule has 0 saturated carbocycles. The average molecular weight is 235 g/mol. The molecule has 1 fully saturated rings. The summed E-state index contributed by atoms with van der Waals surface area (Å²) < 4.78 is 0. The van der Waals surface area contributed by atoms with Crippen molar-refractivity contribution in [3.63, 3.8) is 0 Å². The Hall–Kier alpha value is -0.470. The molecule has 0 amide bonds. The van der Waals surface area contributed by atoms with Gasteiger partial charge in [0.2, 0.25) is 0 Å². The molecule has 1 aromatic carbocycles. The molecule has 2 heteroatoms. The Morgan fingerprint density at radius 2 is 2.12 bits per heavy atom. The Morgan fingerprint density at radius 1 is 1.31 bits per heavy atom. The molecule has 0 aliphatic carbocycles. The molecule has 1 saturated heterocycles. The summed E-state index contributed by atoms with van der Waals surface area (Å²) in [6.07, 6.45) is 3.98. The quantitative estimate of drug-likeness (QED) is 0.847. The van der Waals surface area contributed by atoms with Crippen LogP contribution in [0.3, 0.4) is 0 Å². The first-order chi connectivity index (χ1) is 7.68. The number of hydrogen-bond acceptors (Lipinski definition) is 2. The number of thioether (sulfide) groups is 1. The number of benzene rings is 1. The van der Waals surface area contributed by atoms with Crippen molar-refractivity contribution in [2.45, 2.75) is 44.4 Å². The van der Waals surface area contributed by atoms with Crippen LogP contribution in [-0.2, 0) is 0 Å². The van der Waals surface area contributed by atoms with E-state index in [4.69, 9.17) is 5.73 Å². The van der Waals surface area contributed by atoms with E-state index >= 15 is 0 Å². The lowest BCUT2D eigenvalue weighted by atomic mass is 9.95. The second-order valence-corrected chi connectivity index (χ2v) is 6.14. The van der Waals surface area contributed by atoms with Crippen molar-refractivity contribution >= 4 is 11.8 Å². The minimum absolute atomic E-state index is 0.213. The summed E-state index contributed by atoms with van der Waals surface area (Å²) in [4.78, 5) is 0. The lowest BCUT2D eigenvalue weighted by Gasteiger charge is -2.28. The highest BCUT2D eigenvalue weighted by molar-refractivity contribution is 8.00. The molecule has 0 radical (unpaired) electrons. The predicted molar refractivity (Wildman–Crippen MR) is 72.9 cm³/mol. The molecule has 2 unspecified atom stereocenters. The van der Waals surface area contributed by atoms with Gasteiger partial charge >= 0.3 is 0 Å². The summed E-state index contributed by atoms with van der Waals surface area (Å²) in [6.45, 7) is 4.31. The summed E-state index contributed by atoms with van der Waals surface area (Å²) in [6, 6.07) is 6.83. The van der Waals surface area contributed by atoms with Crippen molar-refractivity contribution in [3.8, 4) is 0 Å². The van der Waals surface area contributed by atoms with Gasteiger partial charge in [0.05, 0.1) is 0 Å². The zero-order valence-corrected chi connectivity index (χ0v) is 11.0. The van der Waals surface area contributed by atoms with Gasteiger partial charge in [0, 0.05) is 11.3 Å². The zero-order chi connectivity index (χ0) is 11.5. The van der Waals surface area contributed by atoms with E-state index in [1.165, 1.54) is 41.7 Å². The first-order valence-corrected chi connectivity index (χ1v) is 7.17. The molecule has 2 rings (SSSR count). The van der Waals surface area contributed by atoms with E-state index < -0.39 is 0 Å². The van der Waals surface area contributed by atoms with Gasteiger partial charge in [-0.05, 0) is 43.6 Å². The fourth-order valence-corrected chi connectivity index (χ4v) is 3.73. The van der Waals surface area contributed by atoms with E-state index in [-0.39, 0.29) is 6.04 Å². The molecule has 1 nitrogen and oxygen atoms in total. The molecule has 0 bridgehead atoms. The van der Waals surface area contributed by atoms with E-state index in [0.717, 1.165) is 0 Å². The normalized spacial score (nSPS) is 23.1. The number of aryl methyl sites for hydroxylation is 2. The van der Waals surface area contributed by atoms with Gasteiger partial charge in [-0.25, -0.2) is 0 Å². The lowest BCUT2D eigenvalue weighted by molar-refractivity contribution is 0.580. The van der Waals surface area contributed by atoms with Crippen LogP contribution >= 0.6 is 11.8 Å². The molecule has 88 valence electrons.